The van der Waals surface area contributed by atoms with Crippen molar-refractivity contribution < 1.29 is 4.92 Å². The molecule has 0 fully saturated rings. The van der Waals surface area contributed by atoms with Crippen LogP contribution in [0.1, 0.15) is 11.1 Å². The van der Waals surface area contributed by atoms with Crippen LogP contribution in [-0.4, -0.2) is 46.2 Å². The van der Waals surface area contributed by atoms with Crippen molar-refractivity contribution >= 4 is 29.6 Å². The van der Waals surface area contributed by atoms with Crippen molar-refractivity contribution in [2.24, 2.45) is 0 Å². The predicted octanol–water partition coefficient (Wildman–Crippen LogP) is 1.28. The van der Waals surface area contributed by atoms with E-state index in [1.54, 1.807) is 23.9 Å². The first kappa shape index (κ1) is 22.3. The van der Waals surface area contributed by atoms with Gasteiger partial charge in [0.05, 0.1) is 4.92 Å². The van der Waals surface area contributed by atoms with Gasteiger partial charge in [0.15, 0.2) is 0 Å². The summed E-state index contributed by atoms with van der Waals surface area (Å²) in [4.78, 5) is 43.6. The summed E-state index contributed by atoms with van der Waals surface area (Å²) < 4.78 is 0. The van der Waals surface area contributed by atoms with Crippen molar-refractivity contribution in [3.63, 3.8) is 0 Å². The highest BCUT2D eigenvalue weighted by atomic mass is 32.2. The Morgan fingerprint density at radius 3 is 2.16 bits per heavy atom. The van der Waals surface area contributed by atoms with Crippen LogP contribution in [-0.2, 0) is 0 Å². The molecule has 0 aliphatic rings. The zero-order chi connectivity index (χ0) is 22.4. The van der Waals surface area contributed by atoms with Crippen LogP contribution in [0.2, 0.25) is 0 Å². The third-order valence-electron chi connectivity index (χ3n) is 4.38. The largest absolute Gasteiger partial charge is 0.316 e. The first-order valence-electron chi connectivity index (χ1n) is 9.50. The van der Waals surface area contributed by atoms with Gasteiger partial charge in [0.25, 0.3) is 16.8 Å². The number of thioether (sulfide) groups is 1. The highest BCUT2D eigenvalue weighted by molar-refractivity contribution is 7.99. The summed E-state index contributed by atoms with van der Waals surface area (Å²) >= 11 is 1.75. The molecule has 2 aromatic carbocycles. The molecule has 1 heterocycles. The topological polar surface area (TPSA) is 112 Å². The lowest BCUT2D eigenvalue weighted by atomic mass is 10.2. The first-order valence-corrected chi connectivity index (χ1v) is 10.5. The molecule has 0 amide bonds. The van der Waals surface area contributed by atoms with Crippen molar-refractivity contribution in [2.75, 3.05) is 26.4 Å². The molecule has 0 aliphatic carbocycles. The summed E-state index contributed by atoms with van der Waals surface area (Å²) in [5.41, 5.74) is 0.178. The van der Waals surface area contributed by atoms with Crippen molar-refractivity contribution in [2.45, 2.75) is 4.90 Å². The SMILES string of the molecule is CN(C)CCSc1ccc(C=c2[nH]c(=O)c(=Cc3cccc([N+](=O)[O-])c3)[nH]c2=O)cc1. The summed E-state index contributed by atoms with van der Waals surface area (Å²) in [7, 11) is 4.06. The van der Waals surface area contributed by atoms with E-state index in [9.17, 15) is 19.7 Å². The van der Waals surface area contributed by atoms with Gasteiger partial charge in [0.1, 0.15) is 10.7 Å². The Kier molecular flexibility index (Phi) is 7.22. The smallest absolute Gasteiger partial charge is 0.272 e. The minimum atomic E-state index is -0.519. The van der Waals surface area contributed by atoms with E-state index in [2.05, 4.69) is 14.9 Å². The second-order valence-corrected chi connectivity index (χ2v) is 8.27. The molecular weight excluding hydrogens is 416 g/mol. The molecule has 0 saturated carbocycles. The van der Waals surface area contributed by atoms with E-state index in [0.29, 0.717) is 5.56 Å². The molecule has 0 unspecified atom stereocenters. The monoisotopic (exact) mass is 438 g/mol. The second kappa shape index (κ2) is 10.1. The zero-order valence-electron chi connectivity index (χ0n) is 17.1. The maximum atomic E-state index is 12.4. The van der Waals surface area contributed by atoms with Gasteiger partial charge in [-0.05, 0) is 49.5 Å². The normalized spacial score (nSPS) is 12.5. The number of benzene rings is 2. The van der Waals surface area contributed by atoms with Crippen LogP contribution in [0.25, 0.3) is 12.2 Å². The molecule has 0 aliphatic heterocycles. The van der Waals surface area contributed by atoms with Gasteiger partial charge in [0.2, 0.25) is 0 Å². The van der Waals surface area contributed by atoms with Crippen LogP contribution in [0.3, 0.4) is 0 Å². The Labute approximate surface area is 182 Å². The summed E-state index contributed by atoms with van der Waals surface area (Å²) in [6, 6.07) is 13.5. The Balaban J connectivity index is 1.87. The highest BCUT2D eigenvalue weighted by Crippen LogP contribution is 2.18. The first-order chi connectivity index (χ1) is 14.8. The molecule has 8 nitrogen and oxygen atoms in total. The van der Waals surface area contributed by atoms with Gasteiger partial charge in [-0.2, -0.15) is 0 Å². The van der Waals surface area contributed by atoms with Gasteiger partial charge in [-0.1, -0.05) is 24.3 Å². The molecule has 0 bridgehead atoms. The average Bonchev–Trinajstić information content (AvgIpc) is 2.73. The van der Waals surface area contributed by atoms with Gasteiger partial charge >= 0.3 is 0 Å². The quantitative estimate of drug-likeness (QED) is 0.327. The summed E-state index contributed by atoms with van der Waals surface area (Å²) in [6.07, 6.45) is 3.00. The van der Waals surface area contributed by atoms with E-state index >= 15 is 0 Å². The summed E-state index contributed by atoms with van der Waals surface area (Å²) in [6.45, 7) is 0.981. The number of nitro benzene ring substituents is 1. The maximum absolute atomic E-state index is 12.4. The Bertz CT molecular complexity index is 1310. The molecule has 0 atom stereocenters. The van der Waals surface area contributed by atoms with E-state index in [-0.39, 0.29) is 16.4 Å². The molecule has 3 rings (SSSR count). The summed E-state index contributed by atoms with van der Waals surface area (Å²) in [5.74, 6) is 0.978. The van der Waals surface area contributed by atoms with Crippen molar-refractivity contribution in [3.8, 4) is 0 Å². The number of aromatic nitrogens is 2. The van der Waals surface area contributed by atoms with Crippen molar-refractivity contribution in [1.82, 2.24) is 14.9 Å². The van der Waals surface area contributed by atoms with E-state index in [1.807, 2.05) is 38.4 Å². The Hall–Kier alpha value is -3.43. The molecule has 3 aromatic rings. The van der Waals surface area contributed by atoms with E-state index in [4.69, 9.17) is 0 Å². The summed E-state index contributed by atoms with van der Waals surface area (Å²) in [5, 5.41) is 11.1. The fourth-order valence-corrected chi connectivity index (χ4v) is 3.78. The molecule has 0 saturated heterocycles. The van der Waals surface area contributed by atoms with Crippen LogP contribution in [0.5, 0.6) is 0 Å². The number of rotatable bonds is 7. The zero-order valence-corrected chi connectivity index (χ0v) is 17.9. The van der Waals surface area contributed by atoms with E-state index < -0.39 is 16.0 Å². The number of H-pyrrole nitrogens is 2. The van der Waals surface area contributed by atoms with Gasteiger partial charge < -0.3 is 14.9 Å². The standard InChI is InChI=1S/C22H22N4O4S/c1-25(2)10-11-31-18-8-6-15(7-9-18)13-19-21(27)24-20(22(28)23-19)14-16-4-3-5-17(12-16)26(29)30/h3-9,12-14H,10-11H2,1-2H3,(H,23,28)(H,24,27). The molecule has 0 radical (unpaired) electrons. The predicted molar refractivity (Wildman–Crippen MR) is 123 cm³/mol. The number of nitrogens with one attached hydrogen (secondary N) is 2. The number of hydrogen-bond acceptors (Lipinski definition) is 6. The fraction of sp³-hybridized carbons (Fsp3) is 0.182. The van der Waals surface area contributed by atoms with Crippen LogP contribution in [0.15, 0.2) is 63.0 Å². The molecule has 2 N–H and O–H groups in total. The second-order valence-electron chi connectivity index (χ2n) is 7.10. The molecule has 31 heavy (non-hydrogen) atoms. The fourth-order valence-electron chi connectivity index (χ4n) is 2.76. The number of nitro groups is 1. The van der Waals surface area contributed by atoms with Crippen LogP contribution in [0, 0.1) is 10.1 Å². The van der Waals surface area contributed by atoms with Crippen LogP contribution in [0.4, 0.5) is 5.69 Å². The number of nitrogens with zero attached hydrogens (tertiary/aromatic N) is 2. The minimum Gasteiger partial charge on any atom is -0.316 e. The third kappa shape index (κ3) is 6.27. The van der Waals surface area contributed by atoms with Gasteiger partial charge in [-0.25, -0.2) is 0 Å². The number of aromatic amines is 2. The molecule has 9 heteroatoms. The molecular formula is C22H22N4O4S. The lowest BCUT2D eigenvalue weighted by molar-refractivity contribution is -0.384. The molecule has 160 valence electrons. The van der Waals surface area contributed by atoms with E-state index in [0.717, 1.165) is 22.8 Å². The van der Waals surface area contributed by atoms with Gasteiger partial charge in [0, 0.05) is 29.3 Å². The number of non-ortho nitro benzene ring substituents is 1. The van der Waals surface area contributed by atoms with E-state index in [1.165, 1.54) is 24.3 Å². The number of hydrogen-bond donors (Lipinski definition) is 2. The lowest BCUT2D eigenvalue weighted by Gasteiger charge is -2.08. The van der Waals surface area contributed by atoms with Crippen molar-refractivity contribution in [1.29, 1.82) is 0 Å². The molecule has 1 aromatic heterocycles. The van der Waals surface area contributed by atoms with Gasteiger partial charge in [-0.15, -0.1) is 11.8 Å². The minimum absolute atomic E-state index is 0.0234. The highest BCUT2D eigenvalue weighted by Gasteiger charge is 2.05. The average molecular weight is 439 g/mol. The van der Waals surface area contributed by atoms with Crippen LogP contribution < -0.4 is 21.8 Å². The van der Waals surface area contributed by atoms with Crippen LogP contribution >= 0.6 is 11.8 Å². The maximum Gasteiger partial charge on any atom is 0.272 e. The molecule has 0 spiro atoms. The Morgan fingerprint density at radius 2 is 1.58 bits per heavy atom. The lowest BCUT2D eigenvalue weighted by Crippen LogP contribution is -2.46. The van der Waals surface area contributed by atoms with Crippen molar-refractivity contribution in [3.05, 3.63) is 101 Å². The Morgan fingerprint density at radius 1 is 0.968 bits per heavy atom. The third-order valence-corrected chi connectivity index (χ3v) is 5.37. The van der Waals surface area contributed by atoms with Gasteiger partial charge in [-0.3, -0.25) is 19.7 Å².